The van der Waals surface area contributed by atoms with Gasteiger partial charge >= 0.3 is 0 Å². The van der Waals surface area contributed by atoms with Crippen molar-refractivity contribution >= 4 is 23.5 Å². The van der Waals surface area contributed by atoms with Gasteiger partial charge in [-0.2, -0.15) is 0 Å². The number of aromatic nitrogens is 2. The molecular formula is C20H25ClN4O. The van der Waals surface area contributed by atoms with Crippen LogP contribution in [0, 0.1) is 5.92 Å². The summed E-state index contributed by atoms with van der Waals surface area (Å²) in [5.41, 5.74) is 0.706. The molecule has 1 fully saturated rings. The van der Waals surface area contributed by atoms with Crippen molar-refractivity contribution in [3.8, 4) is 0 Å². The minimum Gasteiger partial charge on any atom is -0.351 e. The van der Waals surface area contributed by atoms with Crippen LogP contribution in [0.15, 0.2) is 42.7 Å². The SMILES string of the molecule is CC(C)(Cc1ccccc1Cl)NC(=O)C1CCN(c2ncccn2)CC1. The highest BCUT2D eigenvalue weighted by Gasteiger charge is 2.30. The second kappa shape index (κ2) is 8.04. The molecule has 0 unspecified atom stereocenters. The van der Waals surface area contributed by atoms with Crippen molar-refractivity contribution in [2.45, 2.75) is 38.6 Å². The molecule has 0 atom stereocenters. The largest absolute Gasteiger partial charge is 0.351 e. The molecule has 1 N–H and O–H groups in total. The Kier molecular flexibility index (Phi) is 5.77. The van der Waals surface area contributed by atoms with Crippen molar-refractivity contribution in [3.05, 3.63) is 53.3 Å². The Morgan fingerprint density at radius 3 is 2.50 bits per heavy atom. The zero-order valence-electron chi connectivity index (χ0n) is 15.3. The molecule has 1 aliphatic heterocycles. The monoisotopic (exact) mass is 372 g/mol. The molecule has 26 heavy (non-hydrogen) atoms. The number of hydrogen-bond donors (Lipinski definition) is 1. The first-order valence-electron chi connectivity index (χ1n) is 9.02. The number of anilines is 1. The van der Waals surface area contributed by atoms with E-state index in [9.17, 15) is 4.79 Å². The van der Waals surface area contributed by atoms with E-state index >= 15 is 0 Å². The number of benzene rings is 1. The molecule has 2 heterocycles. The van der Waals surface area contributed by atoms with Gasteiger partial charge in [0.15, 0.2) is 0 Å². The molecule has 5 nitrogen and oxygen atoms in total. The van der Waals surface area contributed by atoms with Crippen LogP contribution in [0.3, 0.4) is 0 Å². The Balaban J connectivity index is 1.54. The first kappa shape index (κ1) is 18.6. The van der Waals surface area contributed by atoms with E-state index in [1.165, 1.54) is 0 Å². The molecule has 0 saturated carbocycles. The van der Waals surface area contributed by atoms with E-state index in [1.807, 2.05) is 44.2 Å². The van der Waals surface area contributed by atoms with Gasteiger partial charge in [-0.25, -0.2) is 9.97 Å². The lowest BCUT2D eigenvalue weighted by Crippen LogP contribution is -2.49. The zero-order valence-corrected chi connectivity index (χ0v) is 16.0. The smallest absolute Gasteiger partial charge is 0.225 e. The van der Waals surface area contributed by atoms with Crippen molar-refractivity contribution in [1.82, 2.24) is 15.3 Å². The average molecular weight is 373 g/mol. The second-order valence-corrected chi connectivity index (χ2v) is 7.86. The molecule has 1 saturated heterocycles. The summed E-state index contributed by atoms with van der Waals surface area (Å²) in [5.74, 6) is 0.890. The van der Waals surface area contributed by atoms with Gasteiger partial charge in [0.1, 0.15) is 0 Å². The highest BCUT2D eigenvalue weighted by molar-refractivity contribution is 6.31. The Hall–Kier alpha value is -2.14. The third-order valence-electron chi connectivity index (χ3n) is 4.75. The number of carbonyl (C=O) groups excluding carboxylic acids is 1. The maximum Gasteiger partial charge on any atom is 0.225 e. The summed E-state index contributed by atoms with van der Waals surface area (Å²) in [6.07, 6.45) is 5.82. The maximum atomic E-state index is 12.7. The third kappa shape index (κ3) is 4.73. The average Bonchev–Trinajstić information content (AvgIpc) is 2.64. The van der Waals surface area contributed by atoms with E-state index in [0.29, 0.717) is 6.42 Å². The lowest BCUT2D eigenvalue weighted by atomic mass is 9.91. The van der Waals surface area contributed by atoms with Gasteiger partial charge in [-0.15, -0.1) is 0 Å². The number of amides is 1. The van der Waals surface area contributed by atoms with Crippen LogP contribution < -0.4 is 10.2 Å². The third-order valence-corrected chi connectivity index (χ3v) is 5.12. The van der Waals surface area contributed by atoms with Gasteiger partial charge < -0.3 is 10.2 Å². The van der Waals surface area contributed by atoms with Crippen LogP contribution in [0.2, 0.25) is 5.02 Å². The maximum absolute atomic E-state index is 12.7. The number of halogens is 1. The number of nitrogens with zero attached hydrogens (tertiary/aromatic N) is 3. The molecule has 1 aliphatic rings. The van der Waals surface area contributed by atoms with E-state index < -0.39 is 0 Å². The molecule has 2 aromatic rings. The summed E-state index contributed by atoms with van der Waals surface area (Å²) in [5, 5.41) is 3.95. The van der Waals surface area contributed by atoms with Gasteiger partial charge in [-0.3, -0.25) is 4.79 Å². The number of piperidine rings is 1. The summed E-state index contributed by atoms with van der Waals surface area (Å²) in [4.78, 5) is 23.5. The molecule has 1 aromatic heterocycles. The van der Waals surface area contributed by atoms with Gasteiger partial charge in [0, 0.05) is 42.0 Å². The van der Waals surface area contributed by atoms with E-state index in [0.717, 1.165) is 42.5 Å². The molecular weight excluding hydrogens is 348 g/mol. The number of rotatable bonds is 5. The molecule has 1 amide bonds. The Bertz CT molecular complexity index is 742. The quantitative estimate of drug-likeness (QED) is 0.872. The van der Waals surface area contributed by atoms with Gasteiger partial charge in [0.25, 0.3) is 0 Å². The predicted octanol–water partition coefficient (Wildman–Crippen LogP) is 3.48. The van der Waals surface area contributed by atoms with Crippen LogP contribution in [-0.2, 0) is 11.2 Å². The highest BCUT2D eigenvalue weighted by Crippen LogP contribution is 2.24. The minimum absolute atomic E-state index is 0.0282. The summed E-state index contributed by atoms with van der Waals surface area (Å²) >= 11 is 6.26. The highest BCUT2D eigenvalue weighted by atomic mass is 35.5. The molecule has 138 valence electrons. The molecule has 1 aromatic carbocycles. The van der Waals surface area contributed by atoms with E-state index in [-0.39, 0.29) is 17.4 Å². The lowest BCUT2D eigenvalue weighted by molar-refractivity contribution is -0.127. The van der Waals surface area contributed by atoms with Crippen molar-refractivity contribution in [1.29, 1.82) is 0 Å². The molecule has 0 aliphatic carbocycles. The van der Waals surface area contributed by atoms with Crippen LogP contribution >= 0.6 is 11.6 Å². The van der Waals surface area contributed by atoms with Gasteiger partial charge in [-0.1, -0.05) is 29.8 Å². The van der Waals surface area contributed by atoms with Gasteiger partial charge in [0.05, 0.1) is 0 Å². The van der Waals surface area contributed by atoms with Crippen LogP contribution in [0.4, 0.5) is 5.95 Å². The fourth-order valence-corrected chi connectivity index (χ4v) is 3.60. The summed E-state index contributed by atoms with van der Waals surface area (Å²) in [6.45, 7) is 5.68. The van der Waals surface area contributed by atoms with Gasteiger partial charge in [-0.05, 0) is 50.8 Å². The fraction of sp³-hybridized carbons (Fsp3) is 0.450. The number of nitrogens with one attached hydrogen (secondary N) is 1. The first-order chi connectivity index (χ1) is 12.4. The van der Waals surface area contributed by atoms with Crippen LogP contribution in [0.5, 0.6) is 0 Å². The standard InChI is InChI=1S/C20H25ClN4O/c1-20(2,14-16-6-3-4-7-17(16)21)24-18(26)15-8-12-25(13-9-15)19-22-10-5-11-23-19/h3-7,10-11,15H,8-9,12-14H2,1-2H3,(H,24,26). The van der Waals surface area contributed by atoms with E-state index in [4.69, 9.17) is 11.6 Å². The molecule has 3 rings (SSSR count). The summed E-state index contributed by atoms with van der Waals surface area (Å²) in [6, 6.07) is 9.59. The molecule has 0 spiro atoms. The van der Waals surface area contributed by atoms with Crippen LogP contribution in [0.1, 0.15) is 32.3 Å². The van der Waals surface area contributed by atoms with E-state index in [2.05, 4.69) is 20.2 Å². The number of carbonyl (C=O) groups is 1. The number of hydrogen-bond acceptors (Lipinski definition) is 4. The summed E-state index contributed by atoms with van der Waals surface area (Å²) in [7, 11) is 0. The van der Waals surface area contributed by atoms with Crippen LogP contribution in [-0.4, -0.2) is 34.5 Å². The molecule has 0 radical (unpaired) electrons. The van der Waals surface area contributed by atoms with Crippen molar-refractivity contribution in [3.63, 3.8) is 0 Å². The Morgan fingerprint density at radius 1 is 1.19 bits per heavy atom. The van der Waals surface area contributed by atoms with Crippen molar-refractivity contribution in [2.24, 2.45) is 5.92 Å². The lowest BCUT2D eigenvalue weighted by Gasteiger charge is -2.34. The second-order valence-electron chi connectivity index (χ2n) is 7.45. The van der Waals surface area contributed by atoms with Crippen molar-refractivity contribution in [2.75, 3.05) is 18.0 Å². The summed E-state index contributed by atoms with van der Waals surface area (Å²) < 4.78 is 0. The molecule has 6 heteroatoms. The van der Waals surface area contributed by atoms with Gasteiger partial charge in [0.2, 0.25) is 11.9 Å². The van der Waals surface area contributed by atoms with E-state index in [1.54, 1.807) is 12.4 Å². The molecule has 0 bridgehead atoms. The Morgan fingerprint density at radius 2 is 1.85 bits per heavy atom. The first-order valence-corrected chi connectivity index (χ1v) is 9.40. The predicted molar refractivity (Wildman–Crippen MR) is 104 cm³/mol. The normalized spacial score (nSPS) is 15.7. The van der Waals surface area contributed by atoms with Crippen LogP contribution in [0.25, 0.3) is 0 Å². The fourth-order valence-electron chi connectivity index (χ4n) is 3.39. The Labute approximate surface area is 159 Å². The zero-order chi connectivity index (χ0) is 18.6. The van der Waals surface area contributed by atoms with Crippen molar-refractivity contribution < 1.29 is 4.79 Å². The minimum atomic E-state index is -0.345. The topological polar surface area (TPSA) is 58.1 Å².